The number of likely N-dealkylation sites (tertiary alicyclic amines) is 1. The molecule has 2 atom stereocenters. The summed E-state index contributed by atoms with van der Waals surface area (Å²) < 4.78 is 0.810. The first-order valence-corrected chi connectivity index (χ1v) is 7.50. The van der Waals surface area contributed by atoms with Gasteiger partial charge in [0.05, 0.1) is 9.98 Å². The molecule has 0 bridgehead atoms. The first-order chi connectivity index (χ1) is 8.97. The van der Waals surface area contributed by atoms with Gasteiger partial charge in [0.2, 0.25) is 0 Å². The van der Waals surface area contributed by atoms with Gasteiger partial charge in [-0.25, -0.2) is 14.6 Å². The molecule has 2 N–H and O–H groups in total. The fraction of sp³-hybridized carbons (Fsp3) is 0.545. The van der Waals surface area contributed by atoms with Gasteiger partial charge in [-0.2, -0.15) is 0 Å². The van der Waals surface area contributed by atoms with Crippen molar-refractivity contribution >= 4 is 44.4 Å². The minimum Gasteiger partial charge on any atom is -0.480 e. The number of urea groups is 1. The Morgan fingerprint density at radius 3 is 2.95 bits per heavy atom. The average Bonchev–Trinajstić information content (AvgIpc) is 2.74. The maximum atomic E-state index is 12.1. The summed E-state index contributed by atoms with van der Waals surface area (Å²) in [6.07, 6.45) is 2.90. The summed E-state index contributed by atoms with van der Waals surface area (Å²) >= 11 is 4.55. The van der Waals surface area contributed by atoms with E-state index in [-0.39, 0.29) is 0 Å². The molecule has 0 spiro atoms. The quantitative estimate of drug-likeness (QED) is 0.861. The summed E-state index contributed by atoms with van der Waals surface area (Å²) in [6, 6.07) is -1.16. The zero-order valence-corrected chi connectivity index (χ0v) is 12.7. The van der Waals surface area contributed by atoms with Crippen LogP contribution in [0.15, 0.2) is 9.98 Å². The molecule has 104 valence electrons. The van der Waals surface area contributed by atoms with Crippen LogP contribution in [-0.2, 0) is 4.79 Å². The van der Waals surface area contributed by atoms with Crippen molar-refractivity contribution in [2.75, 3.05) is 11.9 Å². The number of amides is 2. The van der Waals surface area contributed by atoms with Crippen molar-refractivity contribution in [3.8, 4) is 0 Å². The standard InChI is InChI=1S/C11H14BrN3O3S/c1-6-2-3-15(7(4-6)9(16)17)11(18)14-10-13-5-8(12)19-10/h5-7H,2-4H2,1H3,(H,16,17)(H,13,14,18). The van der Waals surface area contributed by atoms with E-state index in [4.69, 9.17) is 0 Å². The summed E-state index contributed by atoms with van der Waals surface area (Å²) in [5, 5.41) is 12.3. The van der Waals surface area contributed by atoms with Crippen LogP contribution in [0.5, 0.6) is 0 Å². The molecule has 8 heteroatoms. The first-order valence-electron chi connectivity index (χ1n) is 5.89. The predicted octanol–water partition coefficient (Wildman–Crippen LogP) is 2.62. The van der Waals surface area contributed by atoms with E-state index in [1.807, 2.05) is 6.92 Å². The minimum absolute atomic E-state index is 0.319. The van der Waals surface area contributed by atoms with Crippen molar-refractivity contribution in [1.82, 2.24) is 9.88 Å². The van der Waals surface area contributed by atoms with Crippen LogP contribution in [0.3, 0.4) is 0 Å². The van der Waals surface area contributed by atoms with Crippen LogP contribution in [0, 0.1) is 5.92 Å². The molecule has 1 aromatic heterocycles. The third-order valence-electron chi connectivity index (χ3n) is 3.10. The third kappa shape index (κ3) is 3.44. The van der Waals surface area contributed by atoms with Gasteiger partial charge in [-0.15, -0.1) is 0 Å². The lowest BCUT2D eigenvalue weighted by Gasteiger charge is -2.35. The number of halogens is 1. The number of carbonyl (C=O) groups is 2. The van der Waals surface area contributed by atoms with Crippen LogP contribution < -0.4 is 5.32 Å². The van der Waals surface area contributed by atoms with Crippen molar-refractivity contribution in [2.24, 2.45) is 5.92 Å². The van der Waals surface area contributed by atoms with Crippen LogP contribution in [0.25, 0.3) is 0 Å². The maximum Gasteiger partial charge on any atom is 0.326 e. The van der Waals surface area contributed by atoms with E-state index in [0.29, 0.717) is 24.0 Å². The summed E-state index contributed by atoms with van der Waals surface area (Å²) in [5.74, 6) is -0.638. The predicted molar refractivity (Wildman–Crippen MR) is 75.4 cm³/mol. The minimum atomic E-state index is -0.956. The van der Waals surface area contributed by atoms with E-state index in [1.54, 1.807) is 6.20 Å². The number of rotatable bonds is 2. The van der Waals surface area contributed by atoms with Crippen LogP contribution in [-0.4, -0.2) is 39.6 Å². The number of nitrogens with zero attached hydrogens (tertiary/aromatic N) is 2. The Balaban J connectivity index is 2.06. The van der Waals surface area contributed by atoms with Crippen molar-refractivity contribution < 1.29 is 14.7 Å². The molecular formula is C11H14BrN3O3S. The zero-order chi connectivity index (χ0) is 14.0. The van der Waals surface area contributed by atoms with Crippen LogP contribution in [0.4, 0.5) is 9.93 Å². The molecule has 19 heavy (non-hydrogen) atoms. The van der Waals surface area contributed by atoms with Crippen molar-refractivity contribution in [3.05, 3.63) is 9.98 Å². The molecule has 0 radical (unpaired) electrons. The Labute approximate surface area is 122 Å². The number of aliphatic carboxylic acids is 1. The topological polar surface area (TPSA) is 82.5 Å². The lowest BCUT2D eigenvalue weighted by Crippen LogP contribution is -2.51. The Hall–Kier alpha value is -1.15. The van der Waals surface area contributed by atoms with Crippen molar-refractivity contribution in [3.63, 3.8) is 0 Å². The number of hydrogen-bond donors (Lipinski definition) is 2. The SMILES string of the molecule is CC1CCN(C(=O)Nc2ncc(Br)s2)C(C(=O)O)C1. The van der Waals surface area contributed by atoms with Gasteiger partial charge >= 0.3 is 12.0 Å². The van der Waals surface area contributed by atoms with Crippen LogP contribution in [0.2, 0.25) is 0 Å². The average molecular weight is 348 g/mol. The monoisotopic (exact) mass is 347 g/mol. The molecule has 0 aromatic carbocycles. The molecule has 0 aliphatic carbocycles. The van der Waals surface area contributed by atoms with Crippen LogP contribution >= 0.6 is 27.3 Å². The van der Waals surface area contributed by atoms with Gasteiger partial charge in [0.15, 0.2) is 5.13 Å². The first kappa shape index (κ1) is 14.3. The molecule has 2 amide bonds. The van der Waals surface area contributed by atoms with E-state index >= 15 is 0 Å². The smallest absolute Gasteiger partial charge is 0.326 e. The summed E-state index contributed by atoms with van der Waals surface area (Å²) in [5.41, 5.74) is 0. The van der Waals surface area contributed by atoms with Gasteiger partial charge in [-0.1, -0.05) is 18.3 Å². The molecule has 2 heterocycles. The second-order valence-corrected chi connectivity index (χ2v) is 6.99. The van der Waals surface area contributed by atoms with Gasteiger partial charge in [-0.05, 0) is 34.7 Å². The number of carboxylic acids is 1. The second kappa shape index (κ2) is 5.87. The number of nitrogens with one attached hydrogen (secondary N) is 1. The fourth-order valence-electron chi connectivity index (χ4n) is 2.09. The normalized spacial score (nSPS) is 23.2. The number of carboxylic acid groups (broad SMARTS) is 1. The second-order valence-electron chi connectivity index (χ2n) is 4.58. The molecule has 0 saturated carbocycles. The van der Waals surface area contributed by atoms with E-state index < -0.39 is 18.0 Å². The van der Waals surface area contributed by atoms with Gasteiger partial charge in [0.1, 0.15) is 6.04 Å². The fourth-order valence-corrected chi connectivity index (χ4v) is 3.19. The highest BCUT2D eigenvalue weighted by atomic mass is 79.9. The molecule has 1 saturated heterocycles. The molecule has 1 aliphatic rings. The number of hydrogen-bond acceptors (Lipinski definition) is 4. The van der Waals surface area contributed by atoms with Crippen molar-refractivity contribution in [1.29, 1.82) is 0 Å². The molecule has 2 unspecified atom stereocenters. The highest BCUT2D eigenvalue weighted by molar-refractivity contribution is 9.11. The number of aromatic nitrogens is 1. The van der Waals surface area contributed by atoms with Gasteiger partial charge < -0.3 is 10.0 Å². The Bertz CT molecular complexity index is 493. The highest BCUT2D eigenvalue weighted by Gasteiger charge is 2.35. The van der Waals surface area contributed by atoms with Gasteiger partial charge in [0, 0.05) is 6.54 Å². The lowest BCUT2D eigenvalue weighted by atomic mass is 9.93. The molecule has 1 aromatic rings. The number of anilines is 1. The highest BCUT2D eigenvalue weighted by Crippen LogP contribution is 2.26. The Morgan fingerprint density at radius 1 is 1.63 bits per heavy atom. The zero-order valence-electron chi connectivity index (χ0n) is 10.3. The molecule has 2 rings (SSSR count). The number of thiazole rings is 1. The molecular weight excluding hydrogens is 334 g/mol. The van der Waals surface area contributed by atoms with E-state index in [0.717, 1.165) is 10.2 Å². The lowest BCUT2D eigenvalue weighted by molar-refractivity contribution is -0.143. The molecule has 6 nitrogen and oxygen atoms in total. The Morgan fingerprint density at radius 2 is 2.37 bits per heavy atom. The summed E-state index contributed by atoms with van der Waals surface area (Å²) in [6.45, 7) is 2.46. The van der Waals surface area contributed by atoms with Gasteiger partial charge in [0.25, 0.3) is 0 Å². The van der Waals surface area contributed by atoms with E-state index in [2.05, 4.69) is 26.2 Å². The third-order valence-corrected chi connectivity index (χ3v) is 4.49. The number of piperidine rings is 1. The van der Waals surface area contributed by atoms with Crippen LogP contribution in [0.1, 0.15) is 19.8 Å². The maximum absolute atomic E-state index is 12.1. The molecule has 1 aliphatic heterocycles. The summed E-state index contributed by atoms with van der Waals surface area (Å²) in [4.78, 5) is 28.7. The summed E-state index contributed by atoms with van der Waals surface area (Å²) in [7, 11) is 0. The van der Waals surface area contributed by atoms with E-state index in [9.17, 15) is 14.7 Å². The number of carbonyl (C=O) groups excluding carboxylic acids is 1. The van der Waals surface area contributed by atoms with Gasteiger partial charge in [-0.3, -0.25) is 5.32 Å². The van der Waals surface area contributed by atoms with Crippen molar-refractivity contribution in [2.45, 2.75) is 25.8 Å². The molecule has 1 fully saturated rings. The largest absolute Gasteiger partial charge is 0.480 e. The van der Waals surface area contributed by atoms with E-state index in [1.165, 1.54) is 16.2 Å². The Kier molecular flexibility index (Phi) is 4.41.